The van der Waals surface area contributed by atoms with Crippen molar-refractivity contribution >= 4 is 29.0 Å². The van der Waals surface area contributed by atoms with Crippen LogP contribution < -0.4 is 15.4 Å². The Balaban J connectivity index is 1.59. The summed E-state index contributed by atoms with van der Waals surface area (Å²) in [6.45, 7) is 0.585. The van der Waals surface area contributed by atoms with E-state index in [0.29, 0.717) is 28.8 Å². The Bertz CT molecular complexity index is 883. The zero-order valence-corrected chi connectivity index (χ0v) is 14.8. The first-order valence-corrected chi connectivity index (χ1v) is 8.29. The summed E-state index contributed by atoms with van der Waals surface area (Å²) in [4.78, 5) is 12.2. The van der Waals surface area contributed by atoms with Crippen molar-refractivity contribution in [2.45, 2.75) is 6.54 Å². The molecule has 132 valence electrons. The van der Waals surface area contributed by atoms with Gasteiger partial charge >= 0.3 is 0 Å². The van der Waals surface area contributed by atoms with Gasteiger partial charge in [-0.3, -0.25) is 4.79 Å². The van der Waals surface area contributed by atoms with E-state index >= 15 is 0 Å². The molecule has 1 aromatic heterocycles. The Morgan fingerprint density at radius 1 is 1.08 bits per heavy atom. The average molecular weight is 369 g/mol. The van der Waals surface area contributed by atoms with Gasteiger partial charge in [0.05, 0.1) is 7.11 Å². The van der Waals surface area contributed by atoms with Gasteiger partial charge in [-0.2, -0.15) is 0 Å². The zero-order chi connectivity index (χ0) is 18.4. The Hall–Kier alpha value is -3.12. The topological polar surface area (TPSA) is 76.1 Å². The van der Waals surface area contributed by atoms with Crippen molar-refractivity contribution in [1.29, 1.82) is 0 Å². The molecule has 0 spiro atoms. The van der Waals surface area contributed by atoms with Crippen molar-refractivity contribution in [2.24, 2.45) is 0 Å². The number of nitrogens with zero attached hydrogens (tertiary/aromatic N) is 2. The molecule has 0 aliphatic heterocycles. The minimum atomic E-state index is -0.338. The summed E-state index contributed by atoms with van der Waals surface area (Å²) in [7, 11) is 1.57. The van der Waals surface area contributed by atoms with Gasteiger partial charge in [0.2, 0.25) is 0 Å². The van der Waals surface area contributed by atoms with Crippen LogP contribution >= 0.6 is 11.6 Å². The highest BCUT2D eigenvalue weighted by Crippen LogP contribution is 2.17. The average Bonchev–Trinajstić information content (AvgIpc) is 2.68. The van der Waals surface area contributed by atoms with Gasteiger partial charge in [-0.1, -0.05) is 29.8 Å². The molecular formula is C19H17ClN4O2. The number of nitrogens with one attached hydrogen (secondary N) is 2. The number of carbonyl (C=O) groups excluding carboxylic acids is 1. The minimum absolute atomic E-state index is 0.227. The molecule has 26 heavy (non-hydrogen) atoms. The lowest BCUT2D eigenvalue weighted by molar-refractivity contribution is 0.102. The van der Waals surface area contributed by atoms with E-state index in [1.807, 2.05) is 24.3 Å². The molecule has 0 aliphatic carbocycles. The van der Waals surface area contributed by atoms with Gasteiger partial charge in [0.15, 0.2) is 5.69 Å². The van der Waals surface area contributed by atoms with Gasteiger partial charge in [-0.05, 0) is 42.0 Å². The van der Waals surface area contributed by atoms with Crippen molar-refractivity contribution in [1.82, 2.24) is 10.2 Å². The van der Waals surface area contributed by atoms with E-state index in [1.54, 1.807) is 43.5 Å². The van der Waals surface area contributed by atoms with Gasteiger partial charge in [0, 0.05) is 23.3 Å². The van der Waals surface area contributed by atoms with E-state index in [-0.39, 0.29) is 11.6 Å². The van der Waals surface area contributed by atoms with E-state index < -0.39 is 0 Å². The third-order valence-corrected chi connectivity index (χ3v) is 3.86. The maximum Gasteiger partial charge on any atom is 0.276 e. The van der Waals surface area contributed by atoms with Gasteiger partial charge < -0.3 is 15.4 Å². The molecule has 6 nitrogen and oxygen atoms in total. The summed E-state index contributed by atoms with van der Waals surface area (Å²) in [6.07, 6.45) is 0. The second kappa shape index (κ2) is 8.31. The summed E-state index contributed by atoms with van der Waals surface area (Å²) in [5.41, 5.74) is 1.92. The molecule has 1 amide bonds. The number of rotatable bonds is 6. The van der Waals surface area contributed by atoms with Crippen LogP contribution in [0.2, 0.25) is 5.02 Å². The van der Waals surface area contributed by atoms with Crippen LogP contribution in [0.25, 0.3) is 0 Å². The predicted octanol–water partition coefficient (Wildman–Crippen LogP) is 4.00. The van der Waals surface area contributed by atoms with Gasteiger partial charge in [0.25, 0.3) is 5.91 Å². The van der Waals surface area contributed by atoms with Crippen molar-refractivity contribution in [2.75, 3.05) is 17.7 Å². The van der Waals surface area contributed by atoms with Crippen molar-refractivity contribution in [3.63, 3.8) is 0 Å². The number of methoxy groups -OCH3 is 1. The third-order valence-electron chi connectivity index (χ3n) is 3.61. The fourth-order valence-electron chi connectivity index (χ4n) is 2.24. The monoisotopic (exact) mass is 368 g/mol. The number of anilines is 2. The second-order valence-electron chi connectivity index (χ2n) is 5.47. The molecule has 0 aliphatic rings. The largest absolute Gasteiger partial charge is 0.497 e. The maximum absolute atomic E-state index is 12.2. The van der Waals surface area contributed by atoms with Gasteiger partial charge in [-0.15, -0.1) is 10.2 Å². The summed E-state index contributed by atoms with van der Waals surface area (Å²) in [6, 6.07) is 17.9. The van der Waals surface area contributed by atoms with Crippen molar-refractivity contribution < 1.29 is 9.53 Å². The van der Waals surface area contributed by atoms with Crippen LogP contribution in [0, 0.1) is 0 Å². The highest BCUT2D eigenvalue weighted by molar-refractivity contribution is 6.30. The standard InChI is InChI=1S/C19H17ClN4O2/c1-26-16-4-2-3-15(11-16)22-19(25)17-9-10-18(24-23-17)21-12-13-5-7-14(20)8-6-13/h2-11H,12H2,1H3,(H,21,24)(H,22,25). The first-order chi connectivity index (χ1) is 12.6. The lowest BCUT2D eigenvalue weighted by atomic mass is 10.2. The number of aromatic nitrogens is 2. The molecule has 0 atom stereocenters. The lowest BCUT2D eigenvalue weighted by Gasteiger charge is -2.08. The van der Waals surface area contributed by atoms with Crippen molar-refractivity contribution in [3.8, 4) is 5.75 Å². The maximum atomic E-state index is 12.2. The molecule has 3 aromatic rings. The normalized spacial score (nSPS) is 10.2. The second-order valence-corrected chi connectivity index (χ2v) is 5.91. The van der Waals surface area contributed by atoms with Gasteiger partial charge in [-0.25, -0.2) is 0 Å². The van der Waals surface area contributed by atoms with E-state index in [9.17, 15) is 4.79 Å². The molecule has 7 heteroatoms. The summed E-state index contributed by atoms with van der Waals surface area (Å²) in [5, 5.41) is 14.6. The number of benzene rings is 2. The number of carbonyl (C=O) groups is 1. The van der Waals surface area contributed by atoms with Crippen molar-refractivity contribution in [3.05, 3.63) is 76.9 Å². The highest BCUT2D eigenvalue weighted by atomic mass is 35.5. The van der Waals surface area contributed by atoms with E-state index in [4.69, 9.17) is 16.3 Å². The highest BCUT2D eigenvalue weighted by Gasteiger charge is 2.09. The fraction of sp³-hybridized carbons (Fsp3) is 0.105. The molecule has 0 unspecified atom stereocenters. The number of hydrogen-bond acceptors (Lipinski definition) is 5. The minimum Gasteiger partial charge on any atom is -0.497 e. The molecule has 0 fully saturated rings. The van der Waals surface area contributed by atoms with Crippen LogP contribution in [0.15, 0.2) is 60.7 Å². The Morgan fingerprint density at radius 3 is 2.58 bits per heavy atom. The smallest absolute Gasteiger partial charge is 0.276 e. The van der Waals surface area contributed by atoms with Crippen LogP contribution in [0.4, 0.5) is 11.5 Å². The molecule has 0 saturated carbocycles. The predicted molar refractivity (Wildman–Crippen MR) is 102 cm³/mol. The van der Waals surface area contributed by atoms with E-state index in [0.717, 1.165) is 5.56 Å². The quantitative estimate of drug-likeness (QED) is 0.687. The molecule has 0 saturated heterocycles. The van der Waals surface area contributed by atoms with Crippen LogP contribution in [0.5, 0.6) is 5.75 Å². The third kappa shape index (κ3) is 4.70. The number of ether oxygens (including phenoxy) is 1. The summed E-state index contributed by atoms with van der Waals surface area (Å²) >= 11 is 5.86. The molecule has 1 heterocycles. The molecule has 2 N–H and O–H groups in total. The van der Waals surface area contributed by atoms with Crippen LogP contribution in [-0.2, 0) is 6.54 Å². The van der Waals surface area contributed by atoms with E-state index in [1.165, 1.54) is 0 Å². The first-order valence-electron chi connectivity index (χ1n) is 7.91. The number of amides is 1. The Kier molecular flexibility index (Phi) is 5.66. The summed E-state index contributed by atoms with van der Waals surface area (Å²) in [5.74, 6) is 0.906. The fourth-order valence-corrected chi connectivity index (χ4v) is 2.36. The Labute approximate surface area is 156 Å². The molecular weight excluding hydrogens is 352 g/mol. The molecule has 3 rings (SSSR count). The van der Waals surface area contributed by atoms with Crippen LogP contribution in [0.3, 0.4) is 0 Å². The van der Waals surface area contributed by atoms with Gasteiger partial charge in [0.1, 0.15) is 11.6 Å². The lowest BCUT2D eigenvalue weighted by Crippen LogP contribution is -2.15. The molecule has 0 bridgehead atoms. The number of hydrogen-bond donors (Lipinski definition) is 2. The van der Waals surface area contributed by atoms with Crippen LogP contribution in [-0.4, -0.2) is 23.2 Å². The summed E-state index contributed by atoms with van der Waals surface area (Å²) < 4.78 is 5.13. The zero-order valence-electron chi connectivity index (χ0n) is 14.1. The number of halogens is 1. The first kappa shape index (κ1) is 17.7. The van der Waals surface area contributed by atoms with E-state index in [2.05, 4.69) is 20.8 Å². The molecule has 0 radical (unpaired) electrons. The Morgan fingerprint density at radius 2 is 1.88 bits per heavy atom. The van der Waals surface area contributed by atoms with Crippen LogP contribution in [0.1, 0.15) is 16.1 Å². The molecule has 2 aromatic carbocycles. The SMILES string of the molecule is COc1cccc(NC(=O)c2ccc(NCc3ccc(Cl)cc3)nn2)c1.